The van der Waals surface area contributed by atoms with Gasteiger partial charge >= 0.3 is 0 Å². The molecule has 1 aromatic rings. The molecule has 0 aliphatic carbocycles. The van der Waals surface area contributed by atoms with Crippen LogP contribution < -0.4 is 16.8 Å². The van der Waals surface area contributed by atoms with Gasteiger partial charge < -0.3 is 16.8 Å². The summed E-state index contributed by atoms with van der Waals surface area (Å²) in [6.45, 7) is 1.40. The molecule has 1 heterocycles. The molecule has 0 fully saturated rings. The van der Waals surface area contributed by atoms with Crippen LogP contribution in [0.1, 0.15) is 27.0 Å². The zero-order valence-corrected chi connectivity index (χ0v) is 8.70. The molecule has 76 valence electrons. The number of ketones is 1. The highest BCUT2D eigenvalue weighted by Crippen LogP contribution is 2.35. The summed E-state index contributed by atoms with van der Waals surface area (Å²) in [6, 6.07) is 0. The van der Waals surface area contributed by atoms with Crippen molar-refractivity contribution in [3.05, 3.63) is 10.4 Å². The third kappa shape index (κ3) is 1.56. The van der Waals surface area contributed by atoms with E-state index in [-0.39, 0.29) is 17.0 Å². The molecule has 1 aromatic heterocycles. The van der Waals surface area contributed by atoms with E-state index >= 15 is 0 Å². The summed E-state index contributed by atoms with van der Waals surface area (Å²) in [5, 5.41) is 3.31. The number of primary amides is 1. The van der Waals surface area contributed by atoms with Crippen LogP contribution in [0, 0.1) is 0 Å². The van der Waals surface area contributed by atoms with Crippen LogP contribution in [-0.4, -0.2) is 18.7 Å². The molecule has 0 radical (unpaired) electrons. The number of amides is 1. The molecule has 0 saturated carbocycles. The van der Waals surface area contributed by atoms with Crippen molar-refractivity contribution in [1.29, 1.82) is 0 Å². The lowest BCUT2D eigenvalue weighted by molar-refractivity contribution is 0.100. The Labute approximate surface area is 85.1 Å². The van der Waals surface area contributed by atoms with Gasteiger partial charge in [0.25, 0.3) is 5.91 Å². The van der Waals surface area contributed by atoms with Gasteiger partial charge in [-0.1, -0.05) is 0 Å². The van der Waals surface area contributed by atoms with Crippen molar-refractivity contribution in [2.45, 2.75) is 6.92 Å². The second kappa shape index (κ2) is 3.67. The first-order chi connectivity index (χ1) is 6.49. The number of rotatable bonds is 3. The third-order valence-corrected chi connectivity index (χ3v) is 3.06. The smallest absolute Gasteiger partial charge is 0.253 e. The predicted octanol–water partition coefficient (Wildman–Crippen LogP) is 0.674. The first-order valence-corrected chi connectivity index (χ1v) is 4.71. The molecule has 0 aliphatic rings. The van der Waals surface area contributed by atoms with Crippen LogP contribution >= 0.6 is 11.3 Å². The van der Waals surface area contributed by atoms with Gasteiger partial charge in [0.05, 0.1) is 16.1 Å². The lowest BCUT2D eigenvalue weighted by Crippen LogP contribution is -2.14. The summed E-state index contributed by atoms with van der Waals surface area (Å²) in [5.41, 5.74) is 11.1. The maximum Gasteiger partial charge on any atom is 0.253 e. The van der Waals surface area contributed by atoms with Crippen molar-refractivity contribution in [2.24, 2.45) is 5.73 Å². The number of hydrogen-bond donors (Lipinski definition) is 3. The fourth-order valence-electron chi connectivity index (χ4n) is 1.13. The van der Waals surface area contributed by atoms with E-state index in [0.29, 0.717) is 9.88 Å². The maximum absolute atomic E-state index is 11.1. The SMILES string of the molecule is CNc1sc(C(C)=O)c(N)c1C(N)=O. The van der Waals surface area contributed by atoms with E-state index in [0.717, 1.165) is 11.3 Å². The molecule has 0 atom stereocenters. The Hall–Kier alpha value is -1.56. The van der Waals surface area contributed by atoms with E-state index in [1.807, 2.05) is 0 Å². The van der Waals surface area contributed by atoms with Crippen LogP contribution in [-0.2, 0) is 0 Å². The Kier molecular flexibility index (Phi) is 2.76. The number of carbonyl (C=O) groups is 2. The molecule has 0 spiro atoms. The molecule has 0 aromatic carbocycles. The summed E-state index contributed by atoms with van der Waals surface area (Å²) >= 11 is 1.14. The van der Waals surface area contributed by atoms with E-state index in [1.165, 1.54) is 6.92 Å². The number of anilines is 2. The Morgan fingerprint density at radius 3 is 2.29 bits per heavy atom. The average molecular weight is 213 g/mol. The van der Waals surface area contributed by atoms with Crippen LogP contribution in [0.4, 0.5) is 10.7 Å². The van der Waals surface area contributed by atoms with Gasteiger partial charge in [0.1, 0.15) is 5.00 Å². The lowest BCUT2D eigenvalue weighted by atomic mass is 10.2. The highest BCUT2D eigenvalue weighted by molar-refractivity contribution is 7.19. The van der Waals surface area contributed by atoms with Gasteiger partial charge in [0.2, 0.25) is 0 Å². The third-order valence-electron chi connectivity index (χ3n) is 1.74. The number of hydrogen-bond acceptors (Lipinski definition) is 5. The van der Waals surface area contributed by atoms with Crippen molar-refractivity contribution in [3.8, 4) is 0 Å². The zero-order chi connectivity index (χ0) is 10.9. The van der Waals surface area contributed by atoms with Crippen LogP contribution in [0.3, 0.4) is 0 Å². The van der Waals surface area contributed by atoms with Gasteiger partial charge in [-0.05, 0) is 0 Å². The van der Waals surface area contributed by atoms with Crippen molar-refractivity contribution < 1.29 is 9.59 Å². The number of nitrogen functional groups attached to an aromatic ring is 1. The van der Waals surface area contributed by atoms with Crippen molar-refractivity contribution in [2.75, 3.05) is 18.1 Å². The molecule has 5 N–H and O–H groups in total. The summed E-state index contributed by atoms with van der Waals surface area (Å²) in [6.07, 6.45) is 0. The summed E-state index contributed by atoms with van der Waals surface area (Å²) < 4.78 is 0. The average Bonchev–Trinajstić information content (AvgIpc) is 2.42. The predicted molar refractivity (Wildman–Crippen MR) is 56.8 cm³/mol. The fraction of sp³-hybridized carbons (Fsp3) is 0.250. The zero-order valence-electron chi connectivity index (χ0n) is 7.88. The van der Waals surface area contributed by atoms with Gasteiger partial charge in [-0.2, -0.15) is 0 Å². The topological polar surface area (TPSA) is 98.2 Å². The largest absolute Gasteiger partial charge is 0.397 e. The lowest BCUT2D eigenvalue weighted by Gasteiger charge is -1.98. The highest BCUT2D eigenvalue weighted by atomic mass is 32.1. The first kappa shape index (κ1) is 10.5. The Balaban J connectivity index is 3.40. The maximum atomic E-state index is 11.1. The van der Waals surface area contributed by atoms with Crippen LogP contribution in [0.25, 0.3) is 0 Å². The van der Waals surface area contributed by atoms with E-state index < -0.39 is 5.91 Å². The number of Topliss-reactive ketones (excluding diaryl/α,β-unsaturated/α-hetero) is 1. The summed E-state index contributed by atoms with van der Waals surface area (Å²) in [4.78, 5) is 22.5. The number of thiophene rings is 1. The molecule has 5 nitrogen and oxygen atoms in total. The minimum atomic E-state index is -0.629. The van der Waals surface area contributed by atoms with Crippen LogP contribution in [0.5, 0.6) is 0 Å². The number of carbonyl (C=O) groups excluding carboxylic acids is 2. The molecule has 14 heavy (non-hydrogen) atoms. The molecular weight excluding hydrogens is 202 g/mol. The molecule has 0 bridgehead atoms. The highest BCUT2D eigenvalue weighted by Gasteiger charge is 2.21. The van der Waals surface area contributed by atoms with E-state index in [2.05, 4.69) is 5.32 Å². The minimum Gasteiger partial charge on any atom is -0.397 e. The molecular formula is C8H11N3O2S. The molecule has 6 heteroatoms. The van der Waals surface area contributed by atoms with Crippen molar-refractivity contribution >= 4 is 33.7 Å². The van der Waals surface area contributed by atoms with Crippen molar-refractivity contribution in [1.82, 2.24) is 0 Å². The minimum absolute atomic E-state index is 0.166. The summed E-state index contributed by atoms with van der Waals surface area (Å²) in [5.74, 6) is -0.799. The van der Waals surface area contributed by atoms with E-state index in [4.69, 9.17) is 11.5 Å². The quantitative estimate of drug-likeness (QED) is 0.643. The molecule has 1 rings (SSSR count). The Morgan fingerprint density at radius 1 is 1.43 bits per heavy atom. The van der Waals surface area contributed by atoms with Crippen LogP contribution in [0.2, 0.25) is 0 Å². The van der Waals surface area contributed by atoms with Gasteiger partial charge in [0.15, 0.2) is 5.78 Å². The normalized spacial score (nSPS) is 9.86. The van der Waals surface area contributed by atoms with Crippen LogP contribution in [0.15, 0.2) is 0 Å². The van der Waals surface area contributed by atoms with Gasteiger partial charge in [-0.25, -0.2) is 0 Å². The summed E-state index contributed by atoms with van der Waals surface area (Å²) in [7, 11) is 1.64. The fourth-order valence-corrected chi connectivity index (χ4v) is 2.10. The Morgan fingerprint density at radius 2 is 2.00 bits per heavy atom. The van der Waals surface area contributed by atoms with Crippen molar-refractivity contribution in [3.63, 3.8) is 0 Å². The standard InChI is InChI=1S/C8H11N3O2S/c1-3(12)6-5(9)4(7(10)13)8(11-2)14-6/h11H,9H2,1-2H3,(H2,10,13). The van der Waals surface area contributed by atoms with E-state index in [1.54, 1.807) is 7.05 Å². The number of nitrogens with one attached hydrogen (secondary N) is 1. The number of nitrogens with two attached hydrogens (primary N) is 2. The molecule has 0 aliphatic heterocycles. The van der Waals surface area contributed by atoms with Gasteiger partial charge in [-0.15, -0.1) is 11.3 Å². The second-order valence-corrected chi connectivity index (χ2v) is 3.74. The molecule has 0 saturated heterocycles. The monoisotopic (exact) mass is 213 g/mol. The molecule has 1 amide bonds. The molecule has 0 unspecified atom stereocenters. The van der Waals surface area contributed by atoms with Gasteiger partial charge in [-0.3, -0.25) is 9.59 Å². The van der Waals surface area contributed by atoms with E-state index in [9.17, 15) is 9.59 Å². The van der Waals surface area contributed by atoms with Gasteiger partial charge in [0, 0.05) is 14.0 Å². The first-order valence-electron chi connectivity index (χ1n) is 3.89. The second-order valence-electron chi connectivity index (χ2n) is 2.72. The Bertz CT molecular complexity index is 398.